The van der Waals surface area contributed by atoms with Crippen LogP contribution >= 0.6 is 27.7 Å². The van der Waals surface area contributed by atoms with E-state index in [1.807, 2.05) is 31.0 Å². The Kier molecular flexibility index (Phi) is 4.20. The van der Waals surface area contributed by atoms with Gasteiger partial charge < -0.3 is 12.5 Å². The molecule has 2 radical (unpaired) electrons. The van der Waals surface area contributed by atoms with Crippen molar-refractivity contribution < 1.29 is 12.5 Å². The largest absolute Gasteiger partial charge is 0.309 e. The van der Waals surface area contributed by atoms with Crippen molar-refractivity contribution in [1.82, 2.24) is 0 Å². The molecule has 0 atom stereocenters. The molecule has 7 heteroatoms. The molecule has 1 rings (SSSR count). The maximum absolute atomic E-state index is 6.10. The van der Waals surface area contributed by atoms with Crippen molar-refractivity contribution in [2.45, 2.75) is 27.7 Å². The van der Waals surface area contributed by atoms with Crippen LogP contribution in [0.2, 0.25) is 0 Å². The average Bonchev–Trinajstić information content (AvgIpc) is 2.17. The fourth-order valence-corrected chi connectivity index (χ4v) is 25.4. The van der Waals surface area contributed by atoms with Gasteiger partial charge in [-0.2, -0.15) is 0 Å². The molecule has 0 saturated carbocycles. The monoisotopic (exact) mass is 288 g/mol. The highest BCUT2D eigenvalue weighted by atomic mass is 33.7. The van der Waals surface area contributed by atoms with Gasteiger partial charge in [-0.3, -0.25) is 0 Å². The molecular weight excluding hydrogens is 268 g/mol. The van der Waals surface area contributed by atoms with Gasteiger partial charge in [0.05, 0.1) is 19.8 Å². The molecule has 0 bridgehead atoms. The summed E-state index contributed by atoms with van der Waals surface area (Å²) >= 11 is 0. The summed E-state index contributed by atoms with van der Waals surface area (Å²) in [5.74, 6) is 0.825. The minimum absolute atomic E-state index is 0.574. The minimum atomic E-state index is -3.12. The van der Waals surface area contributed by atoms with Crippen LogP contribution in [0.3, 0.4) is 0 Å². The lowest BCUT2D eigenvalue weighted by Gasteiger charge is -2.79. The van der Waals surface area contributed by atoms with Gasteiger partial charge in [-0.1, -0.05) is 17.2 Å². The smallest absolute Gasteiger partial charge is 0.278 e. The van der Waals surface area contributed by atoms with Gasteiger partial charge in [0.1, 0.15) is 0 Å². The lowest BCUT2D eigenvalue weighted by atomic mass is 10.9. The van der Waals surface area contributed by atoms with Crippen molar-refractivity contribution in [3.63, 3.8) is 0 Å². The van der Waals surface area contributed by atoms with Gasteiger partial charge in [-0.15, -0.1) is 0 Å². The summed E-state index contributed by atoms with van der Waals surface area (Å²) in [6.07, 6.45) is 0. The normalized spacial score (nSPS) is 30.4. The molecular formula is C8H20O3S3Si. The Morgan fingerprint density at radius 2 is 1.33 bits per heavy atom. The van der Waals surface area contributed by atoms with Crippen LogP contribution < -0.4 is 0 Å². The molecule has 3 nitrogen and oxygen atoms in total. The first kappa shape index (κ1) is 14.2. The molecule has 0 unspecified atom stereocenters. The molecule has 1 heterocycles. The predicted molar refractivity (Wildman–Crippen MR) is 73.9 cm³/mol. The first-order valence-corrected chi connectivity index (χ1v) is 12.7. The molecule has 1 fully saturated rings. The Bertz CT molecular complexity index is 208. The fourth-order valence-electron chi connectivity index (χ4n) is 1.62. The van der Waals surface area contributed by atoms with E-state index in [4.69, 9.17) is 12.5 Å². The van der Waals surface area contributed by atoms with E-state index in [-0.39, 0.29) is 0 Å². The van der Waals surface area contributed by atoms with Crippen molar-refractivity contribution in [3.8, 4) is 0 Å². The highest BCUT2D eigenvalue weighted by Gasteiger charge is 2.70. The zero-order valence-electron chi connectivity index (χ0n) is 9.78. The summed E-state index contributed by atoms with van der Waals surface area (Å²) in [5.41, 5.74) is 0. The van der Waals surface area contributed by atoms with Gasteiger partial charge in [-0.25, -0.2) is 0 Å². The van der Waals surface area contributed by atoms with Crippen LogP contribution in [0.25, 0.3) is 0 Å². The van der Waals surface area contributed by atoms with Crippen LogP contribution in [-0.2, 0) is 12.5 Å². The molecule has 0 spiro atoms. The molecule has 1 aliphatic rings. The van der Waals surface area contributed by atoms with Crippen molar-refractivity contribution in [1.29, 1.82) is 0 Å². The lowest BCUT2D eigenvalue weighted by Crippen LogP contribution is -2.50. The SMILES string of the molecule is CCOS1(CC)(OCC)(OCC)[Si]SS1. The summed E-state index contributed by atoms with van der Waals surface area (Å²) in [7, 11) is 0.960. The maximum atomic E-state index is 6.10. The predicted octanol–water partition coefficient (Wildman–Crippen LogP) is 3.58. The molecule has 92 valence electrons. The van der Waals surface area contributed by atoms with E-state index >= 15 is 0 Å². The summed E-state index contributed by atoms with van der Waals surface area (Å²) in [6, 6.07) is 0. The van der Waals surface area contributed by atoms with Gasteiger partial charge in [0.25, 0.3) is 7.82 Å². The quantitative estimate of drug-likeness (QED) is 0.527. The Balaban J connectivity index is 3.08. The zero-order valence-corrected chi connectivity index (χ0v) is 13.2. The number of rotatable bonds is 7. The molecule has 0 aromatic carbocycles. The van der Waals surface area contributed by atoms with Crippen LogP contribution in [0.15, 0.2) is 0 Å². The van der Waals surface area contributed by atoms with Gasteiger partial charge in [0.15, 0.2) is 0 Å². The molecule has 0 amide bonds. The Morgan fingerprint density at radius 3 is 1.47 bits per heavy atom. The van der Waals surface area contributed by atoms with Crippen LogP contribution in [0.1, 0.15) is 27.7 Å². The van der Waals surface area contributed by atoms with Crippen molar-refractivity contribution in [2.75, 3.05) is 25.6 Å². The molecule has 0 aliphatic carbocycles. The first-order chi connectivity index (χ1) is 7.06. The second kappa shape index (κ2) is 4.43. The van der Waals surface area contributed by atoms with E-state index in [0.29, 0.717) is 27.6 Å². The molecule has 1 saturated heterocycles. The highest BCUT2D eigenvalue weighted by molar-refractivity contribution is 9.48. The van der Waals surface area contributed by atoms with E-state index < -0.39 is 7.62 Å². The van der Waals surface area contributed by atoms with Gasteiger partial charge in [-0.05, 0) is 38.2 Å². The van der Waals surface area contributed by atoms with Gasteiger partial charge >= 0.3 is 0 Å². The topological polar surface area (TPSA) is 27.7 Å². The maximum Gasteiger partial charge on any atom is 0.278 e. The molecule has 0 aromatic rings. The van der Waals surface area contributed by atoms with E-state index in [1.165, 1.54) is 0 Å². The van der Waals surface area contributed by atoms with Crippen molar-refractivity contribution >= 4 is 35.5 Å². The second-order valence-electron chi connectivity index (χ2n) is 3.10. The summed E-state index contributed by atoms with van der Waals surface area (Å²) < 4.78 is 18.3. The summed E-state index contributed by atoms with van der Waals surface area (Å²) in [5, 5.41) is 0. The average molecular weight is 289 g/mol. The zero-order chi connectivity index (χ0) is 11.5. The van der Waals surface area contributed by atoms with E-state index in [2.05, 4.69) is 6.92 Å². The van der Waals surface area contributed by atoms with Gasteiger partial charge in [0.2, 0.25) is 0 Å². The van der Waals surface area contributed by atoms with E-state index in [1.54, 1.807) is 9.83 Å². The number of hydrogen-bond donors (Lipinski definition) is 0. The third-order valence-electron chi connectivity index (χ3n) is 2.26. The third-order valence-corrected chi connectivity index (χ3v) is 27.9. The van der Waals surface area contributed by atoms with Crippen molar-refractivity contribution in [3.05, 3.63) is 0 Å². The number of hydrogen-bond acceptors (Lipinski definition) is 5. The highest BCUT2D eigenvalue weighted by Crippen LogP contribution is 3.07. The first-order valence-electron chi connectivity index (χ1n) is 5.22. The van der Waals surface area contributed by atoms with Crippen LogP contribution in [0, 0.1) is 0 Å². The lowest BCUT2D eigenvalue weighted by molar-refractivity contribution is 0.170. The van der Waals surface area contributed by atoms with Crippen LogP contribution in [0.5, 0.6) is 0 Å². The Hall–Kier alpha value is 1.15. The Labute approximate surface area is 101 Å². The van der Waals surface area contributed by atoms with Crippen LogP contribution in [0.4, 0.5) is 0 Å². The molecule has 0 N–H and O–H groups in total. The minimum Gasteiger partial charge on any atom is -0.309 e. The second-order valence-corrected chi connectivity index (χ2v) is 19.5. The standard InChI is InChI=1S/C8H20O3S3Si/c1-5-9-14(8-4,10-6-2,11-7-3)12-13-15-14/h5-8H2,1-4H3. The summed E-state index contributed by atoms with van der Waals surface area (Å²) in [6.45, 7) is 10.1. The van der Waals surface area contributed by atoms with E-state index in [0.717, 1.165) is 5.75 Å². The van der Waals surface area contributed by atoms with Crippen molar-refractivity contribution in [2.24, 2.45) is 0 Å². The Morgan fingerprint density at radius 1 is 0.933 bits per heavy atom. The van der Waals surface area contributed by atoms with E-state index in [9.17, 15) is 0 Å². The molecule has 15 heavy (non-hydrogen) atoms. The molecule has 0 aromatic heterocycles. The summed E-state index contributed by atoms with van der Waals surface area (Å²) in [4.78, 5) is 0. The van der Waals surface area contributed by atoms with Crippen LogP contribution in [-0.4, -0.2) is 33.4 Å². The third kappa shape index (κ3) is 2.00. The molecule has 1 aliphatic heterocycles. The fraction of sp³-hybridized carbons (Fsp3) is 1.00. The van der Waals surface area contributed by atoms with Gasteiger partial charge in [0, 0.05) is 5.75 Å².